The van der Waals surface area contributed by atoms with E-state index in [2.05, 4.69) is 40.3 Å². The SMILES string of the molecule is Cc1cccc(N2CCN(C(=O)Cn3nnc4ccccc4c3=O)CC2)c1. The van der Waals surface area contributed by atoms with E-state index in [4.69, 9.17) is 0 Å². The Balaban J connectivity index is 1.43. The quantitative estimate of drug-likeness (QED) is 0.704. The number of aromatic nitrogens is 3. The summed E-state index contributed by atoms with van der Waals surface area (Å²) in [5, 5.41) is 8.42. The monoisotopic (exact) mass is 363 g/mol. The highest BCUT2D eigenvalue weighted by atomic mass is 16.2. The molecule has 1 aliphatic rings. The minimum Gasteiger partial charge on any atom is -0.368 e. The molecule has 7 nitrogen and oxygen atoms in total. The molecular formula is C20H21N5O2. The van der Waals surface area contributed by atoms with Gasteiger partial charge in [-0.2, -0.15) is 0 Å². The van der Waals surface area contributed by atoms with Crippen LogP contribution in [0.1, 0.15) is 5.56 Å². The van der Waals surface area contributed by atoms with Crippen molar-refractivity contribution in [2.45, 2.75) is 13.5 Å². The molecule has 0 bridgehead atoms. The molecule has 0 spiro atoms. The summed E-state index contributed by atoms with van der Waals surface area (Å²) < 4.78 is 1.15. The predicted octanol–water partition coefficient (Wildman–Crippen LogP) is 1.45. The Bertz CT molecular complexity index is 1040. The Labute approximate surface area is 156 Å². The average Bonchev–Trinajstić information content (AvgIpc) is 2.70. The maximum absolute atomic E-state index is 12.6. The van der Waals surface area contributed by atoms with Gasteiger partial charge in [0, 0.05) is 31.9 Å². The number of hydrogen-bond donors (Lipinski definition) is 0. The Kier molecular flexibility index (Phi) is 4.58. The van der Waals surface area contributed by atoms with Crippen molar-refractivity contribution in [2.75, 3.05) is 31.1 Å². The van der Waals surface area contributed by atoms with Crippen LogP contribution in [0.5, 0.6) is 0 Å². The molecule has 1 saturated heterocycles. The van der Waals surface area contributed by atoms with Gasteiger partial charge in [0.1, 0.15) is 12.1 Å². The topological polar surface area (TPSA) is 71.3 Å². The summed E-state index contributed by atoms with van der Waals surface area (Å²) in [7, 11) is 0. The molecule has 1 aromatic heterocycles. The van der Waals surface area contributed by atoms with Crippen molar-refractivity contribution < 1.29 is 4.79 Å². The van der Waals surface area contributed by atoms with E-state index in [1.54, 1.807) is 29.2 Å². The summed E-state index contributed by atoms with van der Waals surface area (Å²) in [5.41, 5.74) is 2.66. The van der Waals surface area contributed by atoms with E-state index in [0.29, 0.717) is 24.0 Å². The van der Waals surface area contributed by atoms with Crippen LogP contribution in [-0.2, 0) is 11.3 Å². The van der Waals surface area contributed by atoms with Crippen LogP contribution >= 0.6 is 0 Å². The molecular weight excluding hydrogens is 342 g/mol. The first-order chi connectivity index (χ1) is 13.1. The number of carbonyl (C=O) groups is 1. The number of hydrogen-bond acceptors (Lipinski definition) is 5. The van der Waals surface area contributed by atoms with Gasteiger partial charge in [-0.3, -0.25) is 9.59 Å². The highest BCUT2D eigenvalue weighted by Crippen LogP contribution is 2.17. The molecule has 138 valence electrons. The molecule has 1 amide bonds. The van der Waals surface area contributed by atoms with Crippen molar-refractivity contribution in [3.63, 3.8) is 0 Å². The van der Waals surface area contributed by atoms with Crippen LogP contribution in [0.15, 0.2) is 53.3 Å². The number of benzene rings is 2. The molecule has 0 atom stereocenters. The third-order valence-electron chi connectivity index (χ3n) is 4.91. The molecule has 0 unspecified atom stereocenters. The van der Waals surface area contributed by atoms with Gasteiger partial charge in [-0.1, -0.05) is 29.5 Å². The van der Waals surface area contributed by atoms with E-state index in [1.165, 1.54) is 11.3 Å². The summed E-state index contributed by atoms with van der Waals surface area (Å²) in [5.74, 6) is -0.106. The lowest BCUT2D eigenvalue weighted by atomic mass is 10.2. The summed E-state index contributed by atoms with van der Waals surface area (Å²) in [6, 6.07) is 15.4. The molecule has 3 aromatic rings. The normalized spacial score (nSPS) is 14.6. The van der Waals surface area contributed by atoms with Gasteiger partial charge in [0.2, 0.25) is 5.91 Å². The summed E-state index contributed by atoms with van der Waals surface area (Å²) in [6.07, 6.45) is 0. The molecule has 0 N–H and O–H groups in total. The first kappa shape index (κ1) is 17.2. The van der Waals surface area contributed by atoms with Crippen LogP contribution in [0.2, 0.25) is 0 Å². The lowest BCUT2D eigenvalue weighted by molar-refractivity contribution is -0.132. The van der Waals surface area contributed by atoms with Gasteiger partial charge in [-0.25, -0.2) is 4.68 Å². The van der Waals surface area contributed by atoms with Crippen molar-refractivity contribution in [3.8, 4) is 0 Å². The fourth-order valence-electron chi connectivity index (χ4n) is 3.39. The largest absolute Gasteiger partial charge is 0.368 e. The Morgan fingerprint density at radius 2 is 1.81 bits per heavy atom. The second kappa shape index (κ2) is 7.19. The van der Waals surface area contributed by atoms with Gasteiger partial charge in [-0.15, -0.1) is 5.10 Å². The third-order valence-corrected chi connectivity index (χ3v) is 4.91. The van der Waals surface area contributed by atoms with Crippen molar-refractivity contribution in [1.82, 2.24) is 19.9 Å². The minimum atomic E-state index is -0.285. The first-order valence-electron chi connectivity index (χ1n) is 9.04. The summed E-state index contributed by atoms with van der Waals surface area (Å²) in [6.45, 7) is 4.79. The van der Waals surface area contributed by atoms with Gasteiger partial charge in [-0.05, 0) is 36.8 Å². The minimum absolute atomic E-state index is 0.0822. The number of fused-ring (bicyclic) bond motifs is 1. The van der Waals surface area contributed by atoms with Gasteiger partial charge in [0.15, 0.2) is 0 Å². The molecule has 1 fully saturated rings. The summed E-state index contributed by atoms with van der Waals surface area (Å²) >= 11 is 0. The molecule has 0 radical (unpaired) electrons. The Hall–Kier alpha value is -3.22. The molecule has 0 aliphatic carbocycles. The highest BCUT2D eigenvalue weighted by molar-refractivity contribution is 5.78. The molecule has 0 saturated carbocycles. The van der Waals surface area contributed by atoms with E-state index < -0.39 is 0 Å². The van der Waals surface area contributed by atoms with Crippen LogP contribution in [0.3, 0.4) is 0 Å². The van der Waals surface area contributed by atoms with E-state index in [-0.39, 0.29) is 18.0 Å². The lowest BCUT2D eigenvalue weighted by Crippen LogP contribution is -2.50. The molecule has 4 rings (SSSR count). The fraction of sp³-hybridized carbons (Fsp3) is 0.300. The first-order valence-corrected chi connectivity index (χ1v) is 9.04. The molecule has 1 aliphatic heterocycles. The van der Waals surface area contributed by atoms with E-state index in [1.807, 2.05) is 6.07 Å². The van der Waals surface area contributed by atoms with Gasteiger partial charge in [0.05, 0.1) is 5.39 Å². The zero-order chi connectivity index (χ0) is 18.8. The van der Waals surface area contributed by atoms with Crippen LogP contribution in [-0.4, -0.2) is 52.0 Å². The number of rotatable bonds is 3. The zero-order valence-corrected chi connectivity index (χ0v) is 15.2. The van der Waals surface area contributed by atoms with Crippen molar-refractivity contribution in [2.24, 2.45) is 0 Å². The smallest absolute Gasteiger partial charge is 0.278 e. The maximum atomic E-state index is 12.6. The molecule has 2 heterocycles. The van der Waals surface area contributed by atoms with Crippen molar-refractivity contribution in [3.05, 3.63) is 64.4 Å². The predicted molar refractivity (Wildman–Crippen MR) is 104 cm³/mol. The van der Waals surface area contributed by atoms with Crippen LogP contribution in [0, 0.1) is 6.92 Å². The number of aryl methyl sites for hydroxylation is 1. The number of nitrogens with zero attached hydrogens (tertiary/aromatic N) is 5. The van der Waals surface area contributed by atoms with E-state index in [0.717, 1.165) is 17.8 Å². The molecule has 7 heteroatoms. The lowest BCUT2D eigenvalue weighted by Gasteiger charge is -2.36. The Morgan fingerprint density at radius 1 is 1.04 bits per heavy atom. The summed E-state index contributed by atoms with van der Waals surface area (Å²) in [4.78, 5) is 29.2. The number of anilines is 1. The van der Waals surface area contributed by atoms with Crippen LogP contribution < -0.4 is 10.5 Å². The second-order valence-electron chi connectivity index (χ2n) is 6.78. The van der Waals surface area contributed by atoms with Crippen molar-refractivity contribution >= 4 is 22.5 Å². The van der Waals surface area contributed by atoms with Gasteiger partial charge >= 0.3 is 0 Å². The molecule has 27 heavy (non-hydrogen) atoms. The van der Waals surface area contributed by atoms with Gasteiger partial charge in [0.25, 0.3) is 5.56 Å². The number of carbonyl (C=O) groups excluding carboxylic acids is 1. The fourth-order valence-corrected chi connectivity index (χ4v) is 3.39. The molecule has 2 aromatic carbocycles. The van der Waals surface area contributed by atoms with E-state index in [9.17, 15) is 9.59 Å². The third kappa shape index (κ3) is 3.53. The average molecular weight is 363 g/mol. The number of amides is 1. The van der Waals surface area contributed by atoms with Crippen LogP contribution in [0.4, 0.5) is 5.69 Å². The zero-order valence-electron chi connectivity index (χ0n) is 15.2. The Morgan fingerprint density at radius 3 is 2.59 bits per heavy atom. The standard InChI is InChI=1S/C20H21N5O2/c1-15-5-4-6-16(13-15)23-9-11-24(12-10-23)19(26)14-25-20(27)17-7-2-3-8-18(17)21-22-25/h2-8,13H,9-12,14H2,1H3. The highest BCUT2D eigenvalue weighted by Gasteiger charge is 2.22. The maximum Gasteiger partial charge on any atom is 0.278 e. The van der Waals surface area contributed by atoms with E-state index >= 15 is 0 Å². The number of piperazine rings is 1. The van der Waals surface area contributed by atoms with Crippen molar-refractivity contribution in [1.29, 1.82) is 0 Å². The van der Waals surface area contributed by atoms with Crippen LogP contribution in [0.25, 0.3) is 10.9 Å². The second-order valence-corrected chi connectivity index (χ2v) is 6.78. The van der Waals surface area contributed by atoms with Gasteiger partial charge < -0.3 is 9.80 Å².